The van der Waals surface area contributed by atoms with Crippen molar-refractivity contribution in [2.45, 2.75) is 18.9 Å². The Labute approximate surface area is 121 Å². The lowest BCUT2D eigenvalue weighted by molar-refractivity contribution is -0.130. The zero-order chi connectivity index (χ0) is 11.4. The number of hydrogen-bond acceptors (Lipinski definition) is 4. The summed E-state index contributed by atoms with van der Waals surface area (Å²) in [6.07, 6.45) is 1.58. The first kappa shape index (κ1) is 17.9. The van der Waals surface area contributed by atoms with E-state index < -0.39 is 0 Å². The average molecular weight is 300 g/mol. The number of morpholine rings is 1. The van der Waals surface area contributed by atoms with E-state index in [4.69, 9.17) is 10.5 Å². The summed E-state index contributed by atoms with van der Waals surface area (Å²) in [5, 5.41) is 0. The molecule has 0 aromatic rings. The number of likely N-dealkylation sites (tertiary alicyclic amines) is 1. The average Bonchev–Trinajstić information content (AvgIpc) is 2.80. The van der Waals surface area contributed by atoms with E-state index in [1.165, 1.54) is 0 Å². The number of carbonyl (C=O) groups is 1. The van der Waals surface area contributed by atoms with Crippen LogP contribution in [0.15, 0.2) is 0 Å². The lowest BCUT2D eigenvalue weighted by atomic mass is 10.2. The number of ether oxygens (including phenoxy) is 1. The largest absolute Gasteiger partial charge is 0.379 e. The predicted octanol–water partition coefficient (Wildman–Crippen LogP) is 0.112. The van der Waals surface area contributed by atoms with E-state index in [-0.39, 0.29) is 30.7 Å². The van der Waals surface area contributed by atoms with Gasteiger partial charge in [-0.1, -0.05) is 0 Å². The number of carbonyl (C=O) groups excluding carboxylic acids is 1. The molecule has 7 heteroatoms. The molecule has 2 fully saturated rings. The van der Waals surface area contributed by atoms with Gasteiger partial charge in [-0.25, -0.2) is 0 Å². The van der Waals surface area contributed by atoms with E-state index in [0.717, 1.165) is 45.8 Å². The van der Waals surface area contributed by atoms with Gasteiger partial charge in [0.05, 0.1) is 13.2 Å². The Morgan fingerprint density at radius 3 is 2.50 bits per heavy atom. The third kappa shape index (κ3) is 4.55. The van der Waals surface area contributed by atoms with Crippen LogP contribution in [0.1, 0.15) is 12.8 Å². The highest BCUT2D eigenvalue weighted by atomic mass is 35.5. The molecule has 0 saturated carbocycles. The Kier molecular flexibility index (Phi) is 8.90. The number of rotatable bonds is 3. The van der Waals surface area contributed by atoms with Crippen LogP contribution >= 0.6 is 24.8 Å². The van der Waals surface area contributed by atoms with Crippen LogP contribution in [0.2, 0.25) is 0 Å². The Morgan fingerprint density at radius 2 is 1.89 bits per heavy atom. The molecule has 2 N–H and O–H groups in total. The van der Waals surface area contributed by atoms with Crippen LogP contribution in [0.3, 0.4) is 0 Å². The molecule has 2 saturated heterocycles. The van der Waals surface area contributed by atoms with Crippen LogP contribution in [0.25, 0.3) is 0 Å². The molecule has 0 spiro atoms. The van der Waals surface area contributed by atoms with Crippen molar-refractivity contribution < 1.29 is 9.53 Å². The van der Waals surface area contributed by atoms with E-state index in [9.17, 15) is 4.79 Å². The molecule has 2 rings (SSSR count). The zero-order valence-electron chi connectivity index (χ0n) is 10.5. The van der Waals surface area contributed by atoms with Gasteiger partial charge >= 0.3 is 0 Å². The second kappa shape index (κ2) is 8.93. The Balaban J connectivity index is 0.00000144. The Morgan fingerprint density at radius 1 is 1.22 bits per heavy atom. The first-order chi connectivity index (χ1) is 7.81. The number of nitrogens with zero attached hydrogens (tertiary/aromatic N) is 2. The summed E-state index contributed by atoms with van der Waals surface area (Å²) in [7, 11) is 0. The summed E-state index contributed by atoms with van der Waals surface area (Å²) in [6.45, 7) is 5.88. The van der Waals surface area contributed by atoms with Gasteiger partial charge in [-0.05, 0) is 6.42 Å². The molecule has 0 aromatic heterocycles. The van der Waals surface area contributed by atoms with E-state index in [0.29, 0.717) is 19.0 Å². The fraction of sp³-hybridized carbons (Fsp3) is 0.909. The summed E-state index contributed by atoms with van der Waals surface area (Å²) in [5.74, 6) is 0.207. The van der Waals surface area contributed by atoms with E-state index in [1.54, 1.807) is 0 Å². The van der Waals surface area contributed by atoms with E-state index in [2.05, 4.69) is 4.90 Å². The molecular weight excluding hydrogens is 277 g/mol. The molecule has 0 radical (unpaired) electrons. The summed E-state index contributed by atoms with van der Waals surface area (Å²) in [5.41, 5.74) is 5.40. The van der Waals surface area contributed by atoms with Gasteiger partial charge in [0.2, 0.25) is 5.91 Å². The van der Waals surface area contributed by atoms with Gasteiger partial charge in [-0.3, -0.25) is 9.69 Å². The van der Waals surface area contributed by atoms with Crippen LogP contribution in [0, 0.1) is 0 Å². The molecule has 0 aromatic carbocycles. The normalized spacial score (nSPS) is 24.3. The fourth-order valence-electron chi connectivity index (χ4n) is 2.49. The van der Waals surface area contributed by atoms with Crippen LogP contribution in [-0.2, 0) is 9.53 Å². The minimum atomic E-state index is 0. The maximum absolute atomic E-state index is 11.7. The molecule has 0 aliphatic carbocycles. The molecule has 2 heterocycles. The molecular formula is C11H23Cl2N3O2. The van der Waals surface area contributed by atoms with Crippen molar-refractivity contribution in [2.24, 2.45) is 5.73 Å². The van der Waals surface area contributed by atoms with Crippen LogP contribution < -0.4 is 5.73 Å². The highest BCUT2D eigenvalue weighted by molar-refractivity contribution is 5.85. The summed E-state index contributed by atoms with van der Waals surface area (Å²) >= 11 is 0. The van der Waals surface area contributed by atoms with Crippen LogP contribution in [0.5, 0.6) is 0 Å². The summed E-state index contributed by atoms with van der Waals surface area (Å²) in [4.78, 5) is 16.1. The molecule has 2 aliphatic heterocycles. The SMILES string of the molecule is Cl.Cl.NCCC(=O)N1CCC(N2CCOCC2)C1. The molecule has 18 heavy (non-hydrogen) atoms. The summed E-state index contributed by atoms with van der Waals surface area (Å²) in [6, 6.07) is 0.533. The van der Waals surface area contributed by atoms with Crippen molar-refractivity contribution in [3.63, 3.8) is 0 Å². The van der Waals surface area contributed by atoms with Gasteiger partial charge < -0.3 is 15.4 Å². The molecule has 1 atom stereocenters. The van der Waals surface area contributed by atoms with Gasteiger partial charge in [0.25, 0.3) is 0 Å². The highest BCUT2D eigenvalue weighted by Crippen LogP contribution is 2.17. The second-order valence-electron chi connectivity index (χ2n) is 4.47. The molecule has 1 amide bonds. The van der Waals surface area contributed by atoms with Gasteiger partial charge in [0.1, 0.15) is 0 Å². The number of nitrogens with two attached hydrogens (primary N) is 1. The third-order valence-electron chi connectivity index (χ3n) is 3.44. The first-order valence-electron chi connectivity index (χ1n) is 6.11. The minimum Gasteiger partial charge on any atom is -0.379 e. The Bertz CT molecular complexity index is 250. The smallest absolute Gasteiger partial charge is 0.223 e. The van der Waals surface area contributed by atoms with Crippen LogP contribution in [-0.4, -0.2) is 67.7 Å². The Hall–Kier alpha value is -0.0700. The van der Waals surface area contributed by atoms with Gasteiger partial charge in [0, 0.05) is 45.2 Å². The molecule has 1 unspecified atom stereocenters. The predicted molar refractivity (Wildman–Crippen MR) is 75.5 cm³/mol. The van der Waals surface area contributed by atoms with E-state index in [1.807, 2.05) is 4.90 Å². The zero-order valence-corrected chi connectivity index (χ0v) is 12.2. The van der Waals surface area contributed by atoms with Gasteiger partial charge in [-0.2, -0.15) is 0 Å². The molecule has 5 nitrogen and oxygen atoms in total. The van der Waals surface area contributed by atoms with Crippen molar-refractivity contribution in [2.75, 3.05) is 45.9 Å². The maximum atomic E-state index is 11.7. The number of hydrogen-bond donors (Lipinski definition) is 1. The van der Waals surface area contributed by atoms with Crippen molar-refractivity contribution in [1.29, 1.82) is 0 Å². The lowest BCUT2D eigenvalue weighted by Gasteiger charge is -2.32. The van der Waals surface area contributed by atoms with Crippen LogP contribution in [0.4, 0.5) is 0 Å². The standard InChI is InChI=1S/C11H21N3O2.2ClH/c12-3-1-11(15)14-4-2-10(9-14)13-5-7-16-8-6-13;;/h10H,1-9,12H2;2*1H. The highest BCUT2D eigenvalue weighted by Gasteiger charge is 2.30. The van der Waals surface area contributed by atoms with Gasteiger partial charge in [0.15, 0.2) is 0 Å². The quantitative estimate of drug-likeness (QED) is 0.804. The molecule has 0 bridgehead atoms. The lowest BCUT2D eigenvalue weighted by Crippen LogP contribution is -2.45. The van der Waals surface area contributed by atoms with Crippen molar-refractivity contribution in [3.05, 3.63) is 0 Å². The topological polar surface area (TPSA) is 58.8 Å². The van der Waals surface area contributed by atoms with Gasteiger partial charge in [-0.15, -0.1) is 24.8 Å². The van der Waals surface area contributed by atoms with Crippen molar-refractivity contribution in [3.8, 4) is 0 Å². The molecule has 108 valence electrons. The second-order valence-corrected chi connectivity index (χ2v) is 4.47. The van der Waals surface area contributed by atoms with Crippen molar-refractivity contribution in [1.82, 2.24) is 9.80 Å². The number of amides is 1. The van der Waals surface area contributed by atoms with Crippen molar-refractivity contribution >= 4 is 30.7 Å². The monoisotopic (exact) mass is 299 g/mol. The third-order valence-corrected chi connectivity index (χ3v) is 3.44. The summed E-state index contributed by atoms with van der Waals surface area (Å²) < 4.78 is 5.33. The molecule has 2 aliphatic rings. The minimum absolute atomic E-state index is 0. The maximum Gasteiger partial charge on any atom is 0.223 e. The number of halogens is 2. The fourth-order valence-corrected chi connectivity index (χ4v) is 2.49. The van der Waals surface area contributed by atoms with E-state index >= 15 is 0 Å². The first-order valence-corrected chi connectivity index (χ1v) is 6.11.